The summed E-state index contributed by atoms with van der Waals surface area (Å²) in [6.45, 7) is 0.137. The van der Waals surface area contributed by atoms with Crippen LogP contribution in [0.15, 0.2) is 60.9 Å². The molecular weight excluding hydrogens is 346 g/mol. The predicted molar refractivity (Wildman–Crippen MR) is 98.1 cm³/mol. The van der Waals surface area contributed by atoms with Gasteiger partial charge in [-0.25, -0.2) is 4.98 Å². The number of para-hydroxylation sites is 2. The van der Waals surface area contributed by atoms with E-state index < -0.39 is 6.10 Å². The van der Waals surface area contributed by atoms with Crippen molar-refractivity contribution in [3.05, 3.63) is 72.3 Å². The Hall–Kier alpha value is -3.61. The molecule has 0 unspecified atom stereocenters. The van der Waals surface area contributed by atoms with Crippen LogP contribution < -0.4 is 14.8 Å². The van der Waals surface area contributed by atoms with E-state index in [2.05, 4.69) is 10.3 Å². The van der Waals surface area contributed by atoms with E-state index in [4.69, 9.17) is 9.47 Å². The number of aromatic nitrogens is 2. The number of ketones is 1. The summed E-state index contributed by atoms with van der Waals surface area (Å²) < 4.78 is 12.9. The number of benzene rings is 2. The van der Waals surface area contributed by atoms with E-state index in [9.17, 15) is 9.59 Å². The molecule has 1 aliphatic heterocycles. The molecule has 0 radical (unpaired) electrons. The van der Waals surface area contributed by atoms with Gasteiger partial charge >= 0.3 is 0 Å². The van der Waals surface area contributed by atoms with E-state index in [1.54, 1.807) is 60.4 Å². The second-order valence-corrected chi connectivity index (χ2v) is 6.12. The minimum atomic E-state index is -0.742. The third kappa shape index (κ3) is 3.39. The lowest BCUT2D eigenvalue weighted by molar-refractivity contribution is -0.125. The maximum Gasteiger partial charge on any atom is 0.269 e. The maximum absolute atomic E-state index is 12.4. The summed E-state index contributed by atoms with van der Waals surface area (Å²) >= 11 is 0. The highest BCUT2D eigenvalue weighted by Crippen LogP contribution is 2.31. The summed E-state index contributed by atoms with van der Waals surface area (Å²) in [6.07, 6.45) is 2.55. The molecule has 1 atom stereocenters. The van der Waals surface area contributed by atoms with Gasteiger partial charge in [-0.3, -0.25) is 9.59 Å². The smallest absolute Gasteiger partial charge is 0.269 e. The molecule has 2 heterocycles. The summed E-state index contributed by atoms with van der Waals surface area (Å²) in [4.78, 5) is 28.9. The average molecular weight is 363 g/mol. The molecule has 1 amide bonds. The molecule has 27 heavy (non-hydrogen) atoms. The van der Waals surface area contributed by atoms with Crippen molar-refractivity contribution < 1.29 is 19.1 Å². The molecule has 7 nitrogen and oxygen atoms in total. The predicted octanol–water partition coefficient (Wildman–Crippen LogP) is 2.43. The fourth-order valence-corrected chi connectivity index (χ4v) is 2.79. The zero-order valence-electron chi connectivity index (χ0n) is 14.6. The van der Waals surface area contributed by atoms with Crippen molar-refractivity contribution in [2.75, 3.05) is 11.9 Å². The van der Waals surface area contributed by atoms with E-state index >= 15 is 0 Å². The molecule has 0 saturated heterocycles. The number of carbonyl (C=O) groups excluding carboxylic acids is 2. The fraction of sp³-hybridized carbons (Fsp3) is 0.150. The second-order valence-electron chi connectivity index (χ2n) is 6.12. The van der Waals surface area contributed by atoms with E-state index in [0.29, 0.717) is 28.6 Å². The summed E-state index contributed by atoms with van der Waals surface area (Å²) in [5.74, 6) is 1.03. The molecule has 0 fully saturated rings. The molecule has 0 spiro atoms. The van der Waals surface area contributed by atoms with E-state index in [1.165, 1.54) is 0 Å². The molecule has 4 rings (SSSR count). The Morgan fingerprint density at radius 1 is 1.11 bits per heavy atom. The second kappa shape index (κ2) is 6.95. The van der Waals surface area contributed by atoms with Crippen molar-refractivity contribution in [1.29, 1.82) is 0 Å². The van der Waals surface area contributed by atoms with Crippen LogP contribution in [0.25, 0.3) is 0 Å². The summed E-state index contributed by atoms with van der Waals surface area (Å²) in [5.41, 5.74) is 1.06. The zero-order chi connectivity index (χ0) is 18.8. The van der Waals surface area contributed by atoms with E-state index in [-0.39, 0.29) is 18.3 Å². The molecule has 1 aliphatic rings. The SMILES string of the molecule is Cn1ccnc1C(=O)c1ccc(NC(=O)[C@@H]2COc3ccccc3O2)cc1. The first-order chi connectivity index (χ1) is 13.1. The molecule has 0 bridgehead atoms. The van der Waals surface area contributed by atoms with Crippen molar-refractivity contribution in [2.24, 2.45) is 7.05 Å². The van der Waals surface area contributed by atoms with Crippen LogP contribution in [0.1, 0.15) is 16.2 Å². The van der Waals surface area contributed by atoms with Gasteiger partial charge in [0.05, 0.1) is 0 Å². The normalized spacial score (nSPS) is 15.2. The van der Waals surface area contributed by atoms with Gasteiger partial charge in [0.2, 0.25) is 11.9 Å². The van der Waals surface area contributed by atoms with Crippen molar-refractivity contribution in [3.8, 4) is 11.5 Å². The van der Waals surface area contributed by atoms with Crippen LogP contribution in [0.5, 0.6) is 11.5 Å². The Labute approximate surface area is 155 Å². The molecule has 7 heteroatoms. The number of imidazole rings is 1. The van der Waals surface area contributed by atoms with Crippen LogP contribution in [-0.4, -0.2) is 34.0 Å². The number of hydrogen-bond acceptors (Lipinski definition) is 5. The first kappa shape index (κ1) is 16.8. The van der Waals surface area contributed by atoms with Crippen LogP contribution >= 0.6 is 0 Å². The summed E-state index contributed by atoms with van der Waals surface area (Å²) in [7, 11) is 1.76. The number of anilines is 1. The first-order valence-corrected chi connectivity index (χ1v) is 8.43. The maximum atomic E-state index is 12.4. The van der Waals surface area contributed by atoms with Crippen molar-refractivity contribution in [1.82, 2.24) is 9.55 Å². The third-order valence-corrected chi connectivity index (χ3v) is 4.24. The lowest BCUT2D eigenvalue weighted by Crippen LogP contribution is -2.40. The molecule has 0 saturated carbocycles. The molecule has 1 N–H and O–H groups in total. The van der Waals surface area contributed by atoms with Crippen LogP contribution in [-0.2, 0) is 11.8 Å². The standard InChI is InChI=1S/C20H17N3O4/c1-23-11-10-21-19(23)18(24)13-6-8-14(9-7-13)22-20(25)17-12-26-15-4-2-3-5-16(15)27-17/h2-11,17H,12H2,1H3,(H,22,25)/t17-/m0/s1. The lowest BCUT2D eigenvalue weighted by Gasteiger charge is -2.25. The number of amides is 1. The van der Waals surface area contributed by atoms with Crippen LogP contribution in [0.3, 0.4) is 0 Å². The third-order valence-electron chi connectivity index (χ3n) is 4.24. The Bertz CT molecular complexity index is 994. The Morgan fingerprint density at radius 2 is 1.85 bits per heavy atom. The highest BCUT2D eigenvalue weighted by atomic mass is 16.6. The molecular formula is C20H17N3O4. The van der Waals surface area contributed by atoms with Gasteiger partial charge in [-0.05, 0) is 36.4 Å². The van der Waals surface area contributed by atoms with Gasteiger partial charge in [0, 0.05) is 30.7 Å². The van der Waals surface area contributed by atoms with Gasteiger partial charge < -0.3 is 19.4 Å². The first-order valence-electron chi connectivity index (χ1n) is 8.43. The van der Waals surface area contributed by atoms with E-state index in [0.717, 1.165) is 0 Å². The number of hydrogen-bond donors (Lipinski definition) is 1. The van der Waals surface area contributed by atoms with Gasteiger partial charge in [-0.15, -0.1) is 0 Å². The Morgan fingerprint density at radius 3 is 2.56 bits per heavy atom. The number of aryl methyl sites for hydroxylation is 1. The largest absolute Gasteiger partial charge is 0.485 e. The molecule has 136 valence electrons. The number of rotatable bonds is 4. The van der Waals surface area contributed by atoms with E-state index in [1.807, 2.05) is 12.1 Å². The van der Waals surface area contributed by atoms with Gasteiger partial charge in [-0.2, -0.15) is 0 Å². The van der Waals surface area contributed by atoms with Crippen molar-refractivity contribution in [2.45, 2.75) is 6.10 Å². The number of ether oxygens (including phenoxy) is 2. The fourth-order valence-electron chi connectivity index (χ4n) is 2.79. The molecule has 0 aliphatic carbocycles. The van der Waals surface area contributed by atoms with Gasteiger partial charge in [0.25, 0.3) is 5.91 Å². The average Bonchev–Trinajstić information content (AvgIpc) is 3.13. The van der Waals surface area contributed by atoms with Gasteiger partial charge in [0.1, 0.15) is 6.61 Å². The monoisotopic (exact) mass is 363 g/mol. The number of nitrogens with zero attached hydrogens (tertiary/aromatic N) is 2. The minimum Gasteiger partial charge on any atom is -0.485 e. The van der Waals surface area contributed by atoms with Crippen LogP contribution in [0, 0.1) is 0 Å². The van der Waals surface area contributed by atoms with Crippen molar-refractivity contribution in [3.63, 3.8) is 0 Å². The Balaban J connectivity index is 1.42. The zero-order valence-corrected chi connectivity index (χ0v) is 14.6. The molecule has 2 aromatic carbocycles. The van der Waals surface area contributed by atoms with Gasteiger partial charge in [0.15, 0.2) is 17.3 Å². The van der Waals surface area contributed by atoms with Crippen LogP contribution in [0.4, 0.5) is 5.69 Å². The topological polar surface area (TPSA) is 82.5 Å². The number of fused-ring (bicyclic) bond motifs is 1. The van der Waals surface area contributed by atoms with Crippen molar-refractivity contribution >= 4 is 17.4 Å². The number of carbonyl (C=O) groups is 2. The summed E-state index contributed by atoms with van der Waals surface area (Å²) in [5, 5.41) is 2.78. The Kier molecular flexibility index (Phi) is 4.33. The minimum absolute atomic E-state index is 0.137. The summed E-state index contributed by atoms with van der Waals surface area (Å²) in [6, 6.07) is 13.9. The quantitative estimate of drug-likeness (QED) is 0.720. The number of nitrogens with one attached hydrogen (secondary N) is 1. The highest BCUT2D eigenvalue weighted by Gasteiger charge is 2.27. The molecule has 3 aromatic rings. The molecule has 1 aromatic heterocycles. The van der Waals surface area contributed by atoms with Crippen LogP contribution in [0.2, 0.25) is 0 Å². The van der Waals surface area contributed by atoms with Gasteiger partial charge in [-0.1, -0.05) is 12.1 Å². The lowest BCUT2D eigenvalue weighted by atomic mass is 10.1. The highest BCUT2D eigenvalue weighted by molar-refractivity contribution is 6.07.